The van der Waals surface area contributed by atoms with Crippen molar-refractivity contribution in [3.05, 3.63) is 0 Å². The summed E-state index contributed by atoms with van der Waals surface area (Å²) in [5.74, 6) is 0. The van der Waals surface area contributed by atoms with E-state index < -0.39 is 0 Å². The Morgan fingerprint density at radius 1 is 1.40 bits per heavy atom. The lowest BCUT2D eigenvalue weighted by Crippen LogP contribution is -2.43. The molecule has 0 saturated heterocycles. The van der Waals surface area contributed by atoms with E-state index in [1.165, 1.54) is 32.2 Å². The molecule has 1 N–H and O–H groups in total. The van der Waals surface area contributed by atoms with Crippen molar-refractivity contribution in [2.75, 3.05) is 20.6 Å². The van der Waals surface area contributed by atoms with E-state index in [1.807, 2.05) is 0 Å². The molecule has 1 saturated carbocycles. The van der Waals surface area contributed by atoms with E-state index in [2.05, 4.69) is 45.1 Å². The van der Waals surface area contributed by atoms with Crippen LogP contribution in [0.5, 0.6) is 0 Å². The van der Waals surface area contributed by atoms with Crippen molar-refractivity contribution >= 4 is 0 Å². The lowest BCUT2D eigenvalue weighted by Gasteiger charge is -2.31. The van der Waals surface area contributed by atoms with Gasteiger partial charge in [-0.3, -0.25) is 0 Å². The molecule has 1 fully saturated rings. The van der Waals surface area contributed by atoms with Crippen LogP contribution in [0.4, 0.5) is 0 Å². The fraction of sp³-hybridized carbons (Fsp3) is 1.00. The maximum atomic E-state index is 3.80. The first-order valence-electron chi connectivity index (χ1n) is 6.32. The third-order valence-corrected chi connectivity index (χ3v) is 3.75. The molecule has 90 valence electrons. The molecule has 2 unspecified atom stereocenters. The van der Waals surface area contributed by atoms with Crippen LogP contribution >= 0.6 is 0 Å². The summed E-state index contributed by atoms with van der Waals surface area (Å²) in [6.07, 6.45) is 5.38. The maximum Gasteiger partial charge on any atom is 0.0121 e. The number of nitrogens with zero attached hydrogens (tertiary/aromatic N) is 1. The van der Waals surface area contributed by atoms with E-state index in [-0.39, 0.29) is 0 Å². The zero-order valence-corrected chi connectivity index (χ0v) is 11.1. The van der Waals surface area contributed by atoms with E-state index in [0.717, 1.165) is 6.04 Å². The molecular weight excluding hydrogens is 184 g/mol. The van der Waals surface area contributed by atoms with Crippen LogP contribution in [-0.2, 0) is 0 Å². The molecule has 1 rings (SSSR count). The summed E-state index contributed by atoms with van der Waals surface area (Å²) in [6.45, 7) is 8.30. The number of hydrogen-bond donors (Lipinski definition) is 1. The first-order valence-corrected chi connectivity index (χ1v) is 6.32. The van der Waals surface area contributed by atoms with Gasteiger partial charge in [0.15, 0.2) is 0 Å². The van der Waals surface area contributed by atoms with Crippen LogP contribution in [0.1, 0.15) is 46.5 Å². The quantitative estimate of drug-likeness (QED) is 0.753. The molecule has 15 heavy (non-hydrogen) atoms. The molecule has 0 heterocycles. The molecular formula is C13H28N2. The summed E-state index contributed by atoms with van der Waals surface area (Å²) in [5.41, 5.74) is 0.506. The van der Waals surface area contributed by atoms with Crippen molar-refractivity contribution < 1.29 is 0 Å². The minimum absolute atomic E-state index is 0.506. The predicted octanol–water partition coefficient (Wildman–Crippen LogP) is 2.49. The van der Waals surface area contributed by atoms with Gasteiger partial charge in [-0.05, 0) is 52.2 Å². The monoisotopic (exact) mass is 212 g/mol. The standard InChI is InChI=1S/C13H28N2/c1-11(8-10-15(4)5)14-12-7-6-9-13(12,2)3/h11-12,14H,6-10H2,1-5H3. The van der Waals surface area contributed by atoms with Crippen molar-refractivity contribution in [2.45, 2.75) is 58.5 Å². The minimum Gasteiger partial charge on any atom is -0.311 e. The first kappa shape index (κ1) is 13.0. The molecule has 0 spiro atoms. The summed E-state index contributed by atoms with van der Waals surface area (Å²) < 4.78 is 0. The van der Waals surface area contributed by atoms with Crippen LogP contribution in [0.2, 0.25) is 0 Å². The highest BCUT2D eigenvalue weighted by molar-refractivity contribution is 4.91. The van der Waals surface area contributed by atoms with Crippen molar-refractivity contribution in [1.82, 2.24) is 10.2 Å². The van der Waals surface area contributed by atoms with Gasteiger partial charge in [-0.15, -0.1) is 0 Å². The van der Waals surface area contributed by atoms with Gasteiger partial charge >= 0.3 is 0 Å². The smallest absolute Gasteiger partial charge is 0.0121 e. The third kappa shape index (κ3) is 4.12. The summed E-state index contributed by atoms with van der Waals surface area (Å²) in [7, 11) is 4.29. The highest BCUT2D eigenvalue weighted by Gasteiger charge is 2.34. The first-order chi connectivity index (χ1) is 6.92. The average Bonchev–Trinajstić information content (AvgIpc) is 2.43. The number of nitrogens with one attached hydrogen (secondary N) is 1. The van der Waals surface area contributed by atoms with Crippen LogP contribution in [0.3, 0.4) is 0 Å². The molecule has 0 amide bonds. The molecule has 0 aromatic carbocycles. The zero-order chi connectivity index (χ0) is 11.5. The van der Waals surface area contributed by atoms with Gasteiger partial charge in [-0.25, -0.2) is 0 Å². The van der Waals surface area contributed by atoms with Gasteiger partial charge in [0.05, 0.1) is 0 Å². The third-order valence-electron chi connectivity index (χ3n) is 3.75. The molecule has 0 aromatic heterocycles. The summed E-state index contributed by atoms with van der Waals surface area (Å²) >= 11 is 0. The van der Waals surface area contributed by atoms with E-state index in [4.69, 9.17) is 0 Å². The van der Waals surface area contributed by atoms with Gasteiger partial charge < -0.3 is 10.2 Å². The zero-order valence-electron chi connectivity index (χ0n) is 11.1. The molecule has 0 radical (unpaired) electrons. The Bertz CT molecular complexity index is 187. The van der Waals surface area contributed by atoms with E-state index in [1.54, 1.807) is 0 Å². The van der Waals surface area contributed by atoms with Crippen LogP contribution in [0.25, 0.3) is 0 Å². The lowest BCUT2D eigenvalue weighted by atomic mass is 9.87. The number of hydrogen-bond acceptors (Lipinski definition) is 2. The van der Waals surface area contributed by atoms with E-state index in [0.29, 0.717) is 11.5 Å². The van der Waals surface area contributed by atoms with Crippen LogP contribution in [0.15, 0.2) is 0 Å². The molecule has 2 heteroatoms. The summed E-state index contributed by atoms with van der Waals surface area (Å²) in [4.78, 5) is 2.26. The Morgan fingerprint density at radius 2 is 2.07 bits per heavy atom. The number of rotatable bonds is 5. The van der Waals surface area contributed by atoms with Crippen molar-refractivity contribution in [3.8, 4) is 0 Å². The van der Waals surface area contributed by atoms with Gasteiger partial charge in [0.1, 0.15) is 0 Å². The van der Waals surface area contributed by atoms with Crippen molar-refractivity contribution in [3.63, 3.8) is 0 Å². The fourth-order valence-corrected chi connectivity index (χ4v) is 2.51. The van der Waals surface area contributed by atoms with Crippen LogP contribution < -0.4 is 5.32 Å². The average molecular weight is 212 g/mol. The van der Waals surface area contributed by atoms with E-state index in [9.17, 15) is 0 Å². The molecule has 2 nitrogen and oxygen atoms in total. The topological polar surface area (TPSA) is 15.3 Å². The second-order valence-electron chi connectivity index (χ2n) is 6.09. The highest BCUT2D eigenvalue weighted by Crippen LogP contribution is 2.37. The second kappa shape index (κ2) is 5.31. The van der Waals surface area contributed by atoms with Crippen LogP contribution in [-0.4, -0.2) is 37.6 Å². The lowest BCUT2D eigenvalue weighted by molar-refractivity contribution is 0.253. The Kier molecular flexibility index (Phi) is 4.60. The molecule has 0 aromatic rings. The van der Waals surface area contributed by atoms with Gasteiger partial charge in [-0.2, -0.15) is 0 Å². The van der Waals surface area contributed by atoms with Gasteiger partial charge in [0.2, 0.25) is 0 Å². The van der Waals surface area contributed by atoms with Gasteiger partial charge in [-0.1, -0.05) is 20.3 Å². The van der Waals surface area contributed by atoms with Gasteiger partial charge in [0.25, 0.3) is 0 Å². The molecule has 1 aliphatic rings. The highest BCUT2D eigenvalue weighted by atomic mass is 15.1. The second-order valence-corrected chi connectivity index (χ2v) is 6.09. The fourth-order valence-electron chi connectivity index (χ4n) is 2.51. The van der Waals surface area contributed by atoms with Gasteiger partial charge in [0, 0.05) is 12.1 Å². The Labute approximate surface area is 95.4 Å². The maximum absolute atomic E-state index is 3.80. The van der Waals surface area contributed by atoms with Crippen molar-refractivity contribution in [1.29, 1.82) is 0 Å². The summed E-state index contributed by atoms with van der Waals surface area (Å²) in [5, 5.41) is 3.80. The van der Waals surface area contributed by atoms with E-state index >= 15 is 0 Å². The molecule has 0 bridgehead atoms. The molecule has 1 aliphatic carbocycles. The molecule has 2 atom stereocenters. The largest absolute Gasteiger partial charge is 0.311 e. The minimum atomic E-state index is 0.506. The Balaban J connectivity index is 2.28. The Morgan fingerprint density at radius 3 is 2.53 bits per heavy atom. The Hall–Kier alpha value is -0.0800. The van der Waals surface area contributed by atoms with Crippen molar-refractivity contribution in [2.24, 2.45) is 5.41 Å². The summed E-state index contributed by atoms with van der Waals surface area (Å²) in [6, 6.07) is 1.38. The SMILES string of the molecule is CC(CCN(C)C)NC1CCCC1(C)C. The van der Waals surface area contributed by atoms with Crippen LogP contribution in [0, 0.1) is 5.41 Å². The normalized spacial score (nSPS) is 27.2. The molecule has 0 aliphatic heterocycles. The predicted molar refractivity (Wildman–Crippen MR) is 67.2 cm³/mol.